The molecule has 4 aromatic rings. The predicted octanol–water partition coefficient (Wildman–Crippen LogP) is 0.880. The van der Waals surface area contributed by atoms with E-state index in [2.05, 4.69) is 15.3 Å². The van der Waals surface area contributed by atoms with E-state index in [4.69, 9.17) is 4.74 Å². The molecule has 3 aromatic heterocycles. The number of nitrogens with zero attached hydrogens (tertiary/aromatic N) is 6. The van der Waals surface area contributed by atoms with Gasteiger partial charge in [-0.2, -0.15) is 4.73 Å². The molecule has 0 aliphatic heterocycles. The Labute approximate surface area is 187 Å². The van der Waals surface area contributed by atoms with Gasteiger partial charge in [0.15, 0.2) is 11.2 Å². The van der Waals surface area contributed by atoms with Gasteiger partial charge in [-0.1, -0.05) is 0 Å². The van der Waals surface area contributed by atoms with Crippen molar-refractivity contribution in [2.75, 3.05) is 11.9 Å². The molecule has 33 heavy (non-hydrogen) atoms. The summed E-state index contributed by atoms with van der Waals surface area (Å²) in [5, 5.41) is 13.0. The number of benzene rings is 1. The highest BCUT2D eigenvalue weighted by Crippen LogP contribution is 2.26. The van der Waals surface area contributed by atoms with E-state index >= 15 is 0 Å². The lowest BCUT2D eigenvalue weighted by molar-refractivity contribution is -0.116. The molecule has 12 heteroatoms. The SMILES string of the molecule is CCOc1ccc(-c2nc(NC(=O)Cn3cnc4c3c(=O)n(C)c(=O)n4C)n(O)c2C)cc1. The van der Waals surface area contributed by atoms with Gasteiger partial charge in [-0.05, 0) is 38.1 Å². The van der Waals surface area contributed by atoms with Gasteiger partial charge in [0.25, 0.3) is 5.56 Å². The van der Waals surface area contributed by atoms with Crippen LogP contribution < -0.4 is 21.3 Å². The summed E-state index contributed by atoms with van der Waals surface area (Å²) in [6.07, 6.45) is 1.31. The minimum Gasteiger partial charge on any atom is -0.494 e. The topological polar surface area (TPSA) is 138 Å². The van der Waals surface area contributed by atoms with Gasteiger partial charge in [-0.3, -0.25) is 24.0 Å². The van der Waals surface area contributed by atoms with Crippen LogP contribution in [0.3, 0.4) is 0 Å². The number of amides is 1. The second-order valence-corrected chi connectivity index (χ2v) is 7.44. The van der Waals surface area contributed by atoms with Crippen molar-refractivity contribution in [3.63, 3.8) is 0 Å². The van der Waals surface area contributed by atoms with Crippen LogP contribution in [-0.4, -0.2) is 46.1 Å². The third kappa shape index (κ3) is 3.75. The number of hydrogen-bond acceptors (Lipinski definition) is 7. The van der Waals surface area contributed by atoms with Crippen LogP contribution in [0.2, 0.25) is 0 Å². The fourth-order valence-corrected chi connectivity index (χ4v) is 3.56. The largest absolute Gasteiger partial charge is 0.494 e. The summed E-state index contributed by atoms with van der Waals surface area (Å²) in [7, 11) is 2.85. The highest BCUT2D eigenvalue weighted by molar-refractivity contribution is 5.90. The number of carbonyl (C=O) groups is 1. The first-order chi connectivity index (χ1) is 15.7. The molecule has 0 spiro atoms. The van der Waals surface area contributed by atoms with Gasteiger partial charge in [0, 0.05) is 19.7 Å². The summed E-state index contributed by atoms with van der Waals surface area (Å²) in [5.74, 6) is 0.113. The maximum atomic E-state index is 12.7. The zero-order chi connectivity index (χ0) is 23.9. The van der Waals surface area contributed by atoms with Crippen LogP contribution in [0.15, 0.2) is 40.2 Å². The molecule has 0 saturated heterocycles. The first kappa shape index (κ1) is 21.9. The molecule has 172 valence electrons. The number of rotatable bonds is 6. The van der Waals surface area contributed by atoms with Gasteiger partial charge in [-0.25, -0.2) is 14.8 Å². The molecule has 0 unspecified atom stereocenters. The van der Waals surface area contributed by atoms with Crippen LogP contribution >= 0.6 is 0 Å². The average Bonchev–Trinajstić information content (AvgIpc) is 3.33. The van der Waals surface area contributed by atoms with Gasteiger partial charge in [0.2, 0.25) is 11.9 Å². The third-order valence-corrected chi connectivity index (χ3v) is 5.30. The second-order valence-electron chi connectivity index (χ2n) is 7.44. The van der Waals surface area contributed by atoms with Crippen molar-refractivity contribution in [1.29, 1.82) is 0 Å². The Morgan fingerprint density at radius 1 is 1.15 bits per heavy atom. The van der Waals surface area contributed by atoms with E-state index in [0.29, 0.717) is 23.7 Å². The lowest BCUT2D eigenvalue weighted by Gasteiger charge is -2.07. The maximum absolute atomic E-state index is 12.7. The zero-order valence-corrected chi connectivity index (χ0v) is 18.6. The molecule has 3 heterocycles. The highest BCUT2D eigenvalue weighted by Gasteiger charge is 2.19. The van der Waals surface area contributed by atoms with Crippen molar-refractivity contribution >= 4 is 23.0 Å². The summed E-state index contributed by atoms with van der Waals surface area (Å²) < 4.78 is 9.76. The van der Waals surface area contributed by atoms with Crippen molar-refractivity contribution < 1.29 is 14.7 Å². The molecule has 0 bridgehead atoms. The fourth-order valence-electron chi connectivity index (χ4n) is 3.56. The van der Waals surface area contributed by atoms with Crippen molar-refractivity contribution in [3.05, 3.63) is 57.1 Å². The van der Waals surface area contributed by atoms with E-state index < -0.39 is 17.2 Å². The minimum absolute atomic E-state index is 0.0638. The number of imidazole rings is 2. The molecule has 1 aromatic carbocycles. The summed E-state index contributed by atoms with van der Waals surface area (Å²) in [5.41, 5.74) is 0.891. The molecule has 4 rings (SSSR count). The number of ether oxygens (including phenoxy) is 1. The Balaban J connectivity index is 1.59. The number of fused-ring (bicyclic) bond motifs is 1. The number of carbonyl (C=O) groups excluding carboxylic acids is 1. The van der Waals surface area contributed by atoms with Crippen LogP contribution in [0.1, 0.15) is 12.6 Å². The number of anilines is 1. The van der Waals surface area contributed by atoms with Gasteiger partial charge in [0.1, 0.15) is 12.3 Å². The molecule has 2 N–H and O–H groups in total. The van der Waals surface area contributed by atoms with Gasteiger partial charge in [0.05, 0.1) is 24.3 Å². The summed E-state index contributed by atoms with van der Waals surface area (Å²) in [6.45, 7) is 3.84. The average molecular weight is 453 g/mol. The molecule has 0 radical (unpaired) electrons. The highest BCUT2D eigenvalue weighted by atomic mass is 16.5. The van der Waals surface area contributed by atoms with Crippen molar-refractivity contribution in [2.24, 2.45) is 14.1 Å². The Bertz CT molecular complexity index is 1470. The maximum Gasteiger partial charge on any atom is 0.332 e. The molecular weight excluding hydrogens is 430 g/mol. The van der Waals surface area contributed by atoms with Crippen LogP contribution in [0.4, 0.5) is 5.95 Å². The smallest absolute Gasteiger partial charge is 0.332 e. The van der Waals surface area contributed by atoms with Gasteiger partial charge < -0.3 is 14.5 Å². The van der Waals surface area contributed by atoms with E-state index in [1.165, 1.54) is 29.6 Å². The van der Waals surface area contributed by atoms with Crippen molar-refractivity contribution in [2.45, 2.75) is 20.4 Å². The van der Waals surface area contributed by atoms with Crippen LogP contribution in [0.5, 0.6) is 5.75 Å². The Morgan fingerprint density at radius 2 is 1.85 bits per heavy atom. The first-order valence-corrected chi connectivity index (χ1v) is 10.2. The Kier molecular flexibility index (Phi) is 5.50. The third-order valence-electron chi connectivity index (χ3n) is 5.30. The van der Waals surface area contributed by atoms with E-state index in [9.17, 15) is 19.6 Å². The number of nitrogens with one attached hydrogen (secondary N) is 1. The summed E-state index contributed by atoms with van der Waals surface area (Å²) in [4.78, 5) is 45.7. The standard InChI is InChI=1S/C21H23N7O5/c1-5-33-14-8-6-13(7-9-14)16-12(2)28(32)20(24-16)23-15(29)10-27-11-22-18-17(27)19(30)26(4)21(31)25(18)3/h6-9,11,32H,5,10H2,1-4H3,(H,23,24,29). The Hall–Kier alpha value is -4.35. The van der Waals surface area contributed by atoms with Crippen LogP contribution in [0, 0.1) is 6.92 Å². The fraction of sp³-hybridized carbons (Fsp3) is 0.286. The molecule has 12 nitrogen and oxygen atoms in total. The first-order valence-electron chi connectivity index (χ1n) is 10.2. The molecule has 0 fully saturated rings. The van der Waals surface area contributed by atoms with E-state index in [1.54, 1.807) is 19.1 Å². The lowest BCUT2D eigenvalue weighted by atomic mass is 10.1. The van der Waals surface area contributed by atoms with Crippen molar-refractivity contribution in [1.82, 2.24) is 28.4 Å². The molecule has 0 aliphatic carbocycles. The van der Waals surface area contributed by atoms with Crippen LogP contribution in [-0.2, 0) is 25.4 Å². The van der Waals surface area contributed by atoms with E-state index in [-0.39, 0.29) is 23.7 Å². The number of aromatic nitrogens is 6. The predicted molar refractivity (Wildman–Crippen MR) is 120 cm³/mol. The van der Waals surface area contributed by atoms with Gasteiger partial charge >= 0.3 is 5.69 Å². The molecular formula is C21H23N7O5. The van der Waals surface area contributed by atoms with Gasteiger partial charge in [-0.15, -0.1) is 0 Å². The molecule has 1 amide bonds. The monoisotopic (exact) mass is 453 g/mol. The van der Waals surface area contributed by atoms with E-state index in [1.807, 2.05) is 19.1 Å². The second kappa shape index (κ2) is 8.30. The summed E-state index contributed by atoms with van der Waals surface area (Å²) in [6, 6.07) is 7.21. The minimum atomic E-state index is -0.560. The summed E-state index contributed by atoms with van der Waals surface area (Å²) >= 11 is 0. The normalized spacial score (nSPS) is 11.2. The lowest BCUT2D eigenvalue weighted by Crippen LogP contribution is -2.37. The van der Waals surface area contributed by atoms with Crippen molar-refractivity contribution in [3.8, 4) is 17.0 Å². The zero-order valence-electron chi connectivity index (χ0n) is 18.6. The van der Waals surface area contributed by atoms with Crippen LogP contribution in [0.25, 0.3) is 22.4 Å². The Morgan fingerprint density at radius 3 is 2.52 bits per heavy atom. The van der Waals surface area contributed by atoms with E-state index in [0.717, 1.165) is 14.9 Å². The molecule has 0 saturated carbocycles. The number of aryl methyl sites for hydroxylation is 1. The quantitative estimate of drug-likeness (QED) is 0.413. The molecule has 0 atom stereocenters. The number of hydrogen-bond donors (Lipinski definition) is 2. The molecule has 0 aliphatic rings.